The fourth-order valence-electron chi connectivity index (χ4n) is 3.26. The number of hydrogen-bond acceptors (Lipinski definition) is 6. The van der Waals surface area contributed by atoms with Crippen LogP contribution in [0.1, 0.15) is 29.4 Å². The predicted octanol–water partition coefficient (Wildman–Crippen LogP) is 4.36. The molecule has 0 aliphatic heterocycles. The lowest BCUT2D eigenvalue weighted by Crippen LogP contribution is -2.27. The number of benzene rings is 2. The van der Waals surface area contributed by atoms with Crippen LogP contribution in [-0.2, 0) is 22.7 Å². The van der Waals surface area contributed by atoms with E-state index in [2.05, 4.69) is 10.2 Å². The molecule has 33 heavy (non-hydrogen) atoms. The lowest BCUT2D eigenvalue weighted by molar-refractivity contribution is -0.147. The first kappa shape index (κ1) is 22.1. The molecule has 0 bridgehead atoms. The number of ether oxygens (including phenoxy) is 1. The molecular formula is C24H19F2N3O4. The van der Waals surface area contributed by atoms with Gasteiger partial charge in [0, 0.05) is 24.4 Å². The first-order valence-electron chi connectivity index (χ1n) is 10.1. The van der Waals surface area contributed by atoms with Crippen LogP contribution in [0.25, 0.3) is 11.5 Å². The van der Waals surface area contributed by atoms with Gasteiger partial charge < -0.3 is 13.7 Å². The summed E-state index contributed by atoms with van der Waals surface area (Å²) < 4.78 is 37.1. The van der Waals surface area contributed by atoms with Crippen LogP contribution in [0.5, 0.6) is 0 Å². The summed E-state index contributed by atoms with van der Waals surface area (Å²) in [5.41, 5.74) is 1.30. The molecule has 0 fully saturated rings. The number of alkyl halides is 2. The molecule has 0 saturated carbocycles. The van der Waals surface area contributed by atoms with Gasteiger partial charge in [-0.2, -0.15) is 8.78 Å². The van der Waals surface area contributed by atoms with Gasteiger partial charge in [0.2, 0.25) is 5.89 Å². The van der Waals surface area contributed by atoms with Gasteiger partial charge >= 0.3 is 12.4 Å². The molecule has 2 aromatic heterocycles. The van der Waals surface area contributed by atoms with E-state index in [9.17, 15) is 18.4 Å². The lowest BCUT2D eigenvalue weighted by atomic mass is 9.99. The number of pyridine rings is 1. The second-order valence-electron chi connectivity index (χ2n) is 7.21. The average molecular weight is 451 g/mol. The van der Waals surface area contributed by atoms with Gasteiger partial charge in [0.25, 0.3) is 11.4 Å². The van der Waals surface area contributed by atoms with Crippen LogP contribution in [0.15, 0.2) is 88.2 Å². The number of rotatable bonds is 8. The van der Waals surface area contributed by atoms with Gasteiger partial charge in [0.15, 0.2) is 0 Å². The minimum absolute atomic E-state index is 0.0306. The highest BCUT2D eigenvalue weighted by Gasteiger charge is 2.24. The van der Waals surface area contributed by atoms with Gasteiger partial charge in [-0.3, -0.25) is 9.59 Å². The molecule has 0 radical (unpaired) electrons. The van der Waals surface area contributed by atoms with Gasteiger partial charge in [-0.25, -0.2) is 0 Å². The molecule has 0 N–H and O–H groups in total. The first-order valence-corrected chi connectivity index (χ1v) is 10.1. The van der Waals surface area contributed by atoms with Crippen molar-refractivity contribution in [2.45, 2.75) is 25.5 Å². The molecule has 2 aromatic carbocycles. The zero-order chi connectivity index (χ0) is 23.2. The Morgan fingerprint density at radius 1 is 1.00 bits per heavy atom. The van der Waals surface area contributed by atoms with E-state index in [0.717, 1.165) is 5.56 Å². The van der Waals surface area contributed by atoms with Crippen LogP contribution in [0.3, 0.4) is 0 Å². The van der Waals surface area contributed by atoms with Gasteiger partial charge in [0.05, 0.1) is 5.92 Å². The van der Waals surface area contributed by atoms with Crippen molar-refractivity contribution in [1.82, 2.24) is 14.8 Å². The van der Waals surface area contributed by atoms with E-state index in [1.165, 1.54) is 22.9 Å². The maximum Gasteiger partial charge on any atom is 0.315 e. The fourth-order valence-corrected chi connectivity index (χ4v) is 3.26. The van der Waals surface area contributed by atoms with E-state index < -0.39 is 29.8 Å². The number of halogens is 2. The van der Waals surface area contributed by atoms with Crippen molar-refractivity contribution in [2.24, 2.45) is 0 Å². The van der Waals surface area contributed by atoms with Crippen LogP contribution >= 0.6 is 0 Å². The SMILES string of the molecule is O=C(OCc1ccccc1)C(Cn1ccc(-c2nnc(C(F)F)o2)cc1=O)c1ccccc1. The van der Waals surface area contributed by atoms with Crippen molar-refractivity contribution in [3.63, 3.8) is 0 Å². The Morgan fingerprint density at radius 2 is 1.70 bits per heavy atom. The van der Waals surface area contributed by atoms with E-state index in [0.29, 0.717) is 5.56 Å². The summed E-state index contributed by atoms with van der Waals surface area (Å²) in [5.74, 6) is -2.21. The van der Waals surface area contributed by atoms with Crippen LogP contribution in [-0.4, -0.2) is 20.7 Å². The molecule has 0 amide bonds. The van der Waals surface area contributed by atoms with Gasteiger partial charge in [-0.1, -0.05) is 60.7 Å². The summed E-state index contributed by atoms with van der Waals surface area (Å²) in [4.78, 5) is 25.6. The smallest absolute Gasteiger partial charge is 0.315 e. The number of carbonyl (C=O) groups is 1. The minimum Gasteiger partial charge on any atom is -0.460 e. The maximum absolute atomic E-state index is 12.9. The Kier molecular flexibility index (Phi) is 6.68. The quantitative estimate of drug-likeness (QED) is 0.370. The summed E-state index contributed by atoms with van der Waals surface area (Å²) in [5, 5.41) is 6.81. The monoisotopic (exact) mass is 451 g/mol. The third-order valence-corrected chi connectivity index (χ3v) is 4.96. The molecule has 0 aliphatic carbocycles. The predicted molar refractivity (Wildman–Crippen MR) is 114 cm³/mol. The van der Waals surface area contributed by atoms with Crippen molar-refractivity contribution < 1.29 is 22.7 Å². The zero-order valence-electron chi connectivity index (χ0n) is 17.3. The Morgan fingerprint density at radius 3 is 2.33 bits per heavy atom. The number of aromatic nitrogens is 3. The molecule has 1 atom stereocenters. The number of hydrogen-bond donors (Lipinski definition) is 0. The average Bonchev–Trinajstić information content (AvgIpc) is 3.34. The molecule has 4 aromatic rings. The normalized spacial score (nSPS) is 12.0. The number of nitrogens with zero attached hydrogens (tertiary/aromatic N) is 3. The van der Waals surface area contributed by atoms with Crippen LogP contribution in [0.4, 0.5) is 8.78 Å². The highest BCUT2D eigenvalue weighted by Crippen LogP contribution is 2.23. The fraction of sp³-hybridized carbons (Fsp3) is 0.167. The van der Waals surface area contributed by atoms with E-state index in [1.54, 1.807) is 24.3 Å². The first-order chi connectivity index (χ1) is 16.0. The molecule has 4 rings (SSSR count). The third kappa shape index (κ3) is 5.38. The lowest BCUT2D eigenvalue weighted by Gasteiger charge is -2.18. The van der Waals surface area contributed by atoms with Crippen molar-refractivity contribution >= 4 is 5.97 Å². The summed E-state index contributed by atoms with van der Waals surface area (Å²) >= 11 is 0. The maximum atomic E-state index is 12.9. The van der Waals surface area contributed by atoms with Crippen molar-refractivity contribution in [3.05, 3.63) is 106 Å². The standard InChI is InChI=1S/C24H19F2N3O4/c25-21(26)23-28-27-22(33-23)18-11-12-29(20(30)13-18)14-19(17-9-5-2-6-10-17)24(31)32-15-16-7-3-1-4-8-16/h1-13,19,21H,14-15H2. The highest BCUT2D eigenvalue weighted by molar-refractivity contribution is 5.78. The zero-order valence-corrected chi connectivity index (χ0v) is 17.3. The molecule has 2 heterocycles. The molecule has 0 spiro atoms. The van der Waals surface area contributed by atoms with E-state index in [1.807, 2.05) is 36.4 Å². The summed E-state index contributed by atoms with van der Waals surface area (Å²) in [6, 6.07) is 21.0. The second kappa shape index (κ2) is 9.99. The summed E-state index contributed by atoms with van der Waals surface area (Å²) in [6.45, 7) is 0.142. The summed E-state index contributed by atoms with van der Waals surface area (Å²) in [7, 11) is 0. The van der Waals surface area contributed by atoms with E-state index >= 15 is 0 Å². The Hall–Kier alpha value is -4.14. The van der Waals surface area contributed by atoms with E-state index in [-0.39, 0.29) is 24.6 Å². The van der Waals surface area contributed by atoms with Gasteiger partial charge in [-0.15, -0.1) is 10.2 Å². The number of carbonyl (C=O) groups excluding carboxylic acids is 1. The van der Waals surface area contributed by atoms with Crippen molar-refractivity contribution in [2.75, 3.05) is 0 Å². The molecule has 1 unspecified atom stereocenters. The van der Waals surface area contributed by atoms with Crippen LogP contribution in [0, 0.1) is 0 Å². The molecule has 9 heteroatoms. The van der Waals surface area contributed by atoms with Gasteiger partial charge in [-0.05, 0) is 17.2 Å². The molecule has 7 nitrogen and oxygen atoms in total. The second-order valence-corrected chi connectivity index (χ2v) is 7.21. The summed E-state index contributed by atoms with van der Waals surface area (Å²) in [6.07, 6.45) is -1.45. The highest BCUT2D eigenvalue weighted by atomic mass is 19.3. The number of esters is 1. The van der Waals surface area contributed by atoms with Crippen molar-refractivity contribution in [1.29, 1.82) is 0 Å². The Bertz CT molecular complexity index is 1270. The van der Waals surface area contributed by atoms with Crippen molar-refractivity contribution in [3.8, 4) is 11.5 Å². The molecule has 0 aliphatic rings. The molecule has 0 saturated heterocycles. The topological polar surface area (TPSA) is 87.2 Å². The molecule has 168 valence electrons. The minimum atomic E-state index is -2.90. The largest absolute Gasteiger partial charge is 0.460 e. The Balaban J connectivity index is 1.55. The third-order valence-electron chi connectivity index (χ3n) is 4.96. The van der Waals surface area contributed by atoms with Crippen LogP contribution in [0.2, 0.25) is 0 Å². The van der Waals surface area contributed by atoms with E-state index in [4.69, 9.17) is 9.15 Å². The van der Waals surface area contributed by atoms with Crippen LogP contribution < -0.4 is 5.56 Å². The molecular weight excluding hydrogens is 432 g/mol. The Labute approximate surface area is 187 Å². The van der Waals surface area contributed by atoms with Gasteiger partial charge in [0.1, 0.15) is 6.61 Å².